The van der Waals surface area contributed by atoms with Gasteiger partial charge in [0.05, 0.1) is 44.9 Å². The second-order valence-electron chi connectivity index (χ2n) is 11.1. The van der Waals surface area contributed by atoms with E-state index >= 15 is 0 Å². The Hall–Kier alpha value is -2.38. The molecule has 7 heteroatoms. The maximum absolute atomic E-state index is 13.1. The zero-order chi connectivity index (χ0) is 27.0. The molecule has 0 bridgehead atoms. The van der Waals surface area contributed by atoms with Crippen molar-refractivity contribution in [2.24, 2.45) is 0 Å². The lowest BCUT2D eigenvalue weighted by Gasteiger charge is -2.30. The molecular formula is C31H44BrNO5. The van der Waals surface area contributed by atoms with Crippen LogP contribution in [0.15, 0.2) is 24.3 Å². The summed E-state index contributed by atoms with van der Waals surface area (Å²) in [5, 5.41) is 20.8. The molecule has 6 nitrogen and oxygen atoms in total. The summed E-state index contributed by atoms with van der Waals surface area (Å²) in [5.41, 5.74) is 0.814. The van der Waals surface area contributed by atoms with Gasteiger partial charge in [-0.05, 0) is 56.4 Å². The number of fused-ring (bicyclic) bond motifs is 2. The van der Waals surface area contributed by atoms with Crippen LogP contribution in [0.2, 0.25) is 0 Å². The third-order valence-electron chi connectivity index (χ3n) is 7.34. The molecule has 0 aliphatic heterocycles. The molecule has 0 saturated carbocycles. The number of aromatic hydroxyl groups is 2. The number of hydrogen-bond donors (Lipinski definition) is 2. The van der Waals surface area contributed by atoms with Crippen LogP contribution < -0.4 is 21.7 Å². The third-order valence-corrected chi connectivity index (χ3v) is 7.34. The number of ketones is 2. The molecule has 2 aromatic carbocycles. The summed E-state index contributed by atoms with van der Waals surface area (Å²) in [6, 6.07) is 5.94. The van der Waals surface area contributed by atoms with Gasteiger partial charge in [0.25, 0.3) is 0 Å². The molecule has 3 rings (SSSR count). The first-order valence-corrected chi connectivity index (χ1v) is 13.9. The fraction of sp³-hybridized carbons (Fsp3) is 0.548. The lowest BCUT2D eigenvalue weighted by molar-refractivity contribution is -0.890. The molecule has 0 heterocycles. The van der Waals surface area contributed by atoms with Crippen LogP contribution in [0.3, 0.4) is 0 Å². The van der Waals surface area contributed by atoms with Gasteiger partial charge in [-0.2, -0.15) is 0 Å². The van der Waals surface area contributed by atoms with Crippen LogP contribution in [0.1, 0.15) is 109 Å². The standard InChI is InChI=1S/C31H43NO5.BrH/c1-5-6-7-8-9-10-11-12-15-32(3,4)16-13-14-17-37-23-20-25-29(27(34)21-23)31(36)28-24(30(25)35)18-22(2)19-26(28)33;/h18-21H,5-17H2,1-4H3,(H-,33,34,36);1H. The summed E-state index contributed by atoms with van der Waals surface area (Å²) in [6.45, 7) is 6.72. The van der Waals surface area contributed by atoms with E-state index in [0.29, 0.717) is 17.9 Å². The summed E-state index contributed by atoms with van der Waals surface area (Å²) in [7, 11) is 4.56. The average molecular weight is 591 g/mol. The van der Waals surface area contributed by atoms with E-state index in [2.05, 4.69) is 21.0 Å². The van der Waals surface area contributed by atoms with Crippen molar-refractivity contribution < 1.29 is 46.0 Å². The largest absolute Gasteiger partial charge is 1.00 e. The zero-order valence-electron chi connectivity index (χ0n) is 23.4. The predicted octanol–water partition coefficient (Wildman–Crippen LogP) is 3.56. The van der Waals surface area contributed by atoms with Crippen molar-refractivity contribution in [2.45, 2.75) is 78.1 Å². The monoisotopic (exact) mass is 589 g/mol. The topological polar surface area (TPSA) is 83.8 Å². The number of aryl methyl sites for hydroxylation is 1. The number of carbonyl (C=O) groups excluding carboxylic acids is 2. The van der Waals surface area contributed by atoms with Gasteiger partial charge in [-0.1, -0.05) is 45.4 Å². The number of halogens is 1. The number of phenols is 2. The number of benzene rings is 2. The highest BCUT2D eigenvalue weighted by Gasteiger charge is 2.35. The summed E-state index contributed by atoms with van der Waals surface area (Å²) in [6.07, 6.45) is 12.6. The first-order chi connectivity index (χ1) is 17.6. The van der Waals surface area contributed by atoms with Crippen LogP contribution in [0.25, 0.3) is 0 Å². The van der Waals surface area contributed by atoms with Crippen molar-refractivity contribution in [3.63, 3.8) is 0 Å². The molecule has 0 fully saturated rings. The summed E-state index contributed by atoms with van der Waals surface area (Å²) < 4.78 is 6.86. The minimum absolute atomic E-state index is 0. The molecule has 2 N–H and O–H groups in total. The Balaban J connectivity index is 0.00000507. The van der Waals surface area contributed by atoms with Crippen molar-refractivity contribution in [3.05, 3.63) is 52.1 Å². The van der Waals surface area contributed by atoms with E-state index < -0.39 is 11.6 Å². The van der Waals surface area contributed by atoms with Crippen molar-refractivity contribution in [1.82, 2.24) is 0 Å². The van der Waals surface area contributed by atoms with Crippen molar-refractivity contribution >= 4 is 11.6 Å². The van der Waals surface area contributed by atoms with Gasteiger partial charge in [0, 0.05) is 17.2 Å². The van der Waals surface area contributed by atoms with Gasteiger partial charge in [0.2, 0.25) is 5.78 Å². The Kier molecular flexibility index (Phi) is 12.3. The van der Waals surface area contributed by atoms with Crippen LogP contribution in [-0.4, -0.2) is 60.1 Å². The van der Waals surface area contributed by atoms with E-state index in [9.17, 15) is 19.8 Å². The van der Waals surface area contributed by atoms with Crippen LogP contribution in [0.5, 0.6) is 17.2 Å². The number of carbonyl (C=O) groups is 2. The van der Waals surface area contributed by atoms with Crippen molar-refractivity contribution in [2.75, 3.05) is 33.8 Å². The third kappa shape index (κ3) is 8.31. The van der Waals surface area contributed by atoms with E-state index in [1.54, 1.807) is 13.0 Å². The van der Waals surface area contributed by atoms with Crippen LogP contribution in [-0.2, 0) is 0 Å². The maximum Gasteiger partial charge on any atom is 0.201 e. The van der Waals surface area contributed by atoms with E-state index in [4.69, 9.17) is 4.74 Å². The zero-order valence-corrected chi connectivity index (χ0v) is 25.0. The Labute approximate surface area is 238 Å². The van der Waals surface area contributed by atoms with Gasteiger partial charge < -0.3 is 36.4 Å². The molecule has 210 valence electrons. The summed E-state index contributed by atoms with van der Waals surface area (Å²) >= 11 is 0. The van der Waals surface area contributed by atoms with Crippen LogP contribution >= 0.6 is 0 Å². The second kappa shape index (κ2) is 14.7. The molecule has 0 spiro atoms. The highest BCUT2D eigenvalue weighted by molar-refractivity contribution is 6.30. The Morgan fingerprint density at radius 3 is 1.87 bits per heavy atom. The van der Waals surface area contributed by atoms with Gasteiger partial charge in [0.1, 0.15) is 17.2 Å². The first-order valence-electron chi connectivity index (χ1n) is 13.9. The Morgan fingerprint density at radius 1 is 0.711 bits per heavy atom. The molecule has 38 heavy (non-hydrogen) atoms. The molecule has 0 unspecified atom stereocenters. The highest BCUT2D eigenvalue weighted by Crippen LogP contribution is 2.39. The Bertz CT molecular complexity index is 1110. The lowest BCUT2D eigenvalue weighted by atomic mass is 9.82. The van der Waals surface area contributed by atoms with Crippen molar-refractivity contribution in [3.8, 4) is 17.2 Å². The van der Waals surface area contributed by atoms with Gasteiger partial charge in [-0.3, -0.25) is 9.59 Å². The lowest BCUT2D eigenvalue weighted by Crippen LogP contribution is -3.00. The van der Waals surface area contributed by atoms with Gasteiger partial charge >= 0.3 is 0 Å². The predicted molar refractivity (Wildman–Crippen MR) is 147 cm³/mol. The molecule has 0 radical (unpaired) electrons. The highest BCUT2D eigenvalue weighted by atomic mass is 79.9. The number of ether oxygens (including phenoxy) is 1. The average Bonchev–Trinajstić information content (AvgIpc) is 2.83. The SMILES string of the molecule is CCCCCCCCCC[N+](C)(C)CCCCOc1cc(O)c2c(c1)C(=O)c1cc(C)cc(O)c1C2=O.[Br-]. The van der Waals surface area contributed by atoms with Crippen molar-refractivity contribution in [1.29, 1.82) is 0 Å². The molecule has 2 aromatic rings. The minimum Gasteiger partial charge on any atom is -1.00 e. The quantitative estimate of drug-likeness (QED) is 0.209. The molecule has 1 aliphatic rings. The van der Waals surface area contributed by atoms with E-state index in [1.165, 1.54) is 76.1 Å². The molecule has 0 saturated heterocycles. The minimum atomic E-state index is -0.553. The van der Waals surface area contributed by atoms with Crippen LogP contribution in [0, 0.1) is 6.92 Å². The number of phenolic OH excluding ortho intramolecular Hbond substituents is 2. The molecular weight excluding hydrogens is 546 g/mol. The van der Waals surface area contributed by atoms with Gasteiger partial charge in [-0.25, -0.2) is 0 Å². The number of quaternary nitrogens is 1. The number of rotatable bonds is 15. The fourth-order valence-corrected chi connectivity index (χ4v) is 5.17. The van der Waals surface area contributed by atoms with Gasteiger partial charge in [0.15, 0.2) is 5.78 Å². The summed E-state index contributed by atoms with van der Waals surface area (Å²) in [5.74, 6) is -1.14. The maximum atomic E-state index is 13.1. The second-order valence-corrected chi connectivity index (χ2v) is 11.1. The van der Waals surface area contributed by atoms with Gasteiger partial charge in [-0.15, -0.1) is 0 Å². The number of hydrogen-bond acceptors (Lipinski definition) is 5. The first kappa shape index (κ1) is 31.8. The van der Waals surface area contributed by atoms with Crippen LogP contribution in [0.4, 0.5) is 0 Å². The molecule has 1 aliphatic carbocycles. The smallest absolute Gasteiger partial charge is 0.201 e. The fourth-order valence-electron chi connectivity index (χ4n) is 5.17. The number of nitrogens with zero attached hydrogens (tertiary/aromatic N) is 1. The normalized spacial score (nSPS) is 12.6. The van der Waals surface area contributed by atoms with E-state index in [0.717, 1.165) is 23.9 Å². The number of unbranched alkanes of at least 4 members (excludes halogenated alkanes) is 8. The van der Waals surface area contributed by atoms with E-state index in [-0.39, 0.29) is 50.7 Å². The Morgan fingerprint density at radius 2 is 1.24 bits per heavy atom. The van der Waals surface area contributed by atoms with E-state index in [1.807, 2.05) is 0 Å². The molecule has 0 aromatic heterocycles. The molecule has 0 atom stereocenters. The summed E-state index contributed by atoms with van der Waals surface area (Å²) in [4.78, 5) is 26.1. The molecule has 0 amide bonds.